The molecule has 0 aliphatic heterocycles. The molecule has 2 N–H and O–H groups in total. The van der Waals surface area contributed by atoms with Gasteiger partial charge < -0.3 is 5.73 Å². The number of rotatable bonds is 3. The molecular formula is C13H15BrClN3. The molecule has 0 radical (unpaired) electrons. The van der Waals surface area contributed by atoms with E-state index in [-0.39, 0.29) is 0 Å². The SMILES string of the molecule is CCCc1c(-c2cc(Cl)ccc2Br)nn(C)c1N. The Kier molecular flexibility index (Phi) is 3.97. The van der Waals surface area contributed by atoms with Crippen LogP contribution in [0.4, 0.5) is 5.82 Å². The predicted octanol–water partition coefficient (Wildman–Crippen LogP) is 4.04. The zero-order chi connectivity index (χ0) is 13.3. The van der Waals surface area contributed by atoms with Crippen molar-refractivity contribution in [3.8, 4) is 11.3 Å². The zero-order valence-corrected chi connectivity index (χ0v) is 12.7. The Labute approximate surface area is 120 Å². The molecule has 0 bridgehead atoms. The van der Waals surface area contributed by atoms with Gasteiger partial charge >= 0.3 is 0 Å². The summed E-state index contributed by atoms with van der Waals surface area (Å²) in [7, 11) is 1.86. The summed E-state index contributed by atoms with van der Waals surface area (Å²) in [5.41, 5.74) is 9.05. The molecule has 96 valence electrons. The van der Waals surface area contributed by atoms with Gasteiger partial charge in [0.1, 0.15) is 5.82 Å². The van der Waals surface area contributed by atoms with Gasteiger partial charge in [-0.25, -0.2) is 0 Å². The lowest BCUT2D eigenvalue weighted by Crippen LogP contribution is -1.99. The summed E-state index contributed by atoms with van der Waals surface area (Å²) in [6.07, 6.45) is 1.94. The summed E-state index contributed by atoms with van der Waals surface area (Å²) >= 11 is 9.59. The number of benzene rings is 1. The van der Waals surface area contributed by atoms with Crippen molar-refractivity contribution in [1.29, 1.82) is 0 Å². The number of nitrogens with zero attached hydrogens (tertiary/aromatic N) is 2. The van der Waals surface area contributed by atoms with Gasteiger partial charge in [-0.15, -0.1) is 0 Å². The van der Waals surface area contributed by atoms with Crippen LogP contribution in [-0.2, 0) is 13.5 Å². The minimum atomic E-state index is 0.694. The third-order valence-corrected chi connectivity index (χ3v) is 3.80. The fourth-order valence-corrected chi connectivity index (χ4v) is 2.58. The summed E-state index contributed by atoms with van der Waals surface area (Å²) in [4.78, 5) is 0. The number of aryl methyl sites for hydroxylation is 1. The Morgan fingerprint density at radius 1 is 1.44 bits per heavy atom. The van der Waals surface area contributed by atoms with Gasteiger partial charge in [0.25, 0.3) is 0 Å². The van der Waals surface area contributed by atoms with Gasteiger partial charge in [-0.3, -0.25) is 4.68 Å². The largest absolute Gasteiger partial charge is 0.384 e. The zero-order valence-electron chi connectivity index (χ0n) is 10.4. The first-order valence-corrected chi connectivity index (χ1v) is 6.98. The van der Waals surface area contributed by atoms with Crippen LogP contribution in [0, 0.1) is 0 Å². The molecule has 1 aromatic carbocycles. The molecule has 0 saturated carbocycles. The van der Waals surface area contributed by atoms with Crippen LogP contribution in [0.15, 0.2) is 22.7 Å². The van der Waals surface area contributed by atoms with Crippen LogP contribution >= 0.6 is 27.5 Å². The van der Waals surface area contributed by atoms with Crippen LogP contribution in [0.5, 0.6) is 0 Å². The Balaban J connectivity index is 2.63. The highest BCUT2D eigenvalue weighted by atomic mass is 79.9. The van der Waals surface area contributed by atoms with E-state index in [1.54, 1.807) is 4.68 Å². The summed E-state index contributed by atoms with van der Waals surface area (Å²) in [6, 6.07) is 5.69. The molecule has 1 aromatic heterocycles. The van der Waals surface area contributed by atoms with Crippen molar-refractivity contribution in [2.75, 3.05) is 5.73 Å². The molecule has 0 saturated heterocycles. The van der Waals surface area contributed by atoms with Gasteiger partial charge in [0.15, 0.2) is 0 Å². The highest BCUT2D eigenvalue weighted by Crippen LogP contribution is 2.34. The second-order valence-electron chi connectivity index (χ2n) is 4.21. The Morgan fingerprint density at radius 2 is 2.17 bits per heavy atom. The Hall–Kier alpha value is -1.00. The minimum absolute atomic E-state index is 0.694. The predicted molar refractivity (Wildman–Crippen MR) is 79.8 cm³/mol. The smallest absolute Gasteiger partial charge is 0.125 e. The molecule has 2 rings (SSSR count). The average Bonchev–Trinajstić information content (AvgIpc) is 2.61. The number of hydrogen-bond acceptors (Lipinski definition) is 2. The lowest BCUT2D eigenvalue weighted by atomic mass is 10.0. The molecule has 0 spiro atoms. The Morgan fingerprint density at radius 3 is 2.83 bits per heavy atom. The molecular weight excluding hydrogens is 314 g/mol. The van der Waals surface area contributed by atoms with Crippen molar-refractivity contribution < 1.29 is 0 Å². The van der Waals surface area contributed by atoms with Gasteiger partial charge in [0.05, 0.1) is 5.69 Å². The maximum Gasteiger partial charge on any atom is 0.125 e. The molecule has 0 amide bonds. The average molecular weight is 329 g/mol. The highest BCUT2D eigenvalue weighted by molar-refractivity contribution is 9.10. The Bertz CT molecular complexity index is 578. The molecule has 1 heterocycles. The van der Waals surface area contributed by atoms with E-state index < -0.39 is 0 Å². The molecule has 0 aliphatic carbocycles. The van der Waals surface area contributed by atoms with Crippen molar-refractivity contribution in [3.63, 3.8) is 0 Å². The van der Waals surface area contributed by atoms with Crippen molar-refractivity contribution in [3.05, 3.63) is 33.3 Å². The normalized spacial score (nSPS) is 10.9. The lowest BCUT2D eigenvalue weighted by Gasteiger charge is -2.05. The van der Waals surface area contributed by atoms with E-state index in [4.69, 9.17) is 17.3 Å². The van der Waals surface area contributed by atoms with Gasteiger partial charge in [-0.1, -0.05) is 40.9 Å². The first-order chi connectivity index (χ1) is 8.54. The summed E-state index contributed by atoms with van der Waals surface area (Å²) in [5, 5.41) is 5.20. The van der Waals surface area contributed by atoms with Crippen LogP contribution in [0.1, 0.15) is 18.9 Å². The number of anilines is 1. The molecule has 18 heavy (non-hydrogen) atoms. The molecule has 5 heteroatoms. The second kappa shape index (κ2) is 5.33. The van der Waals surface area contributed by atoms with Crippen molar-refractivity contribution in [1.82, 2.24) is 9.78 Å². The number of nitrogen functional groups attached to an aromatic ring is 1. The van der Waals surface area contributed by atoms with Crippen molar-refractivity contribution in [2.24, 2.45) is 7.05 Å². The number of hydrogen-bond donors (Lipinski definition) is 1. The number of nitrogens with two attached hydrogens (primary N) is 1. The second-order valence-corrected chi connectivity index (χ2v) is 5.50. The quantitative estimate of drug-likeness (QED) is 0.924. The van der Waals surface area contributed by atoms with Crippen LogP contribution in [0.3, 0.4) is 0 Å². The third kappa shape index (κ3) is 2.40. The van der Waals surface area contributed by atoms with Gasteiger partial charge in [-0.2, -0.15) is 5.10 Å². The van der Waals surface area contributed by atoms with E-state index in [0.717, 1.165) is 40.0 Å². The molecule has 0 aliphatic rings. The van der Waals surface area contributed by atoms with Gasteiger partial charge in [-0.05, 0) is 24.6 Å². The first-order valence-electron chi connectivity index (χ1n) is 5.81. The summed E-state index contributed by atoms with van der Waals surface area (Å²) < 4.78 is 2.69. The van der Waals surface area contributed by atoms with E-state index >= 15 is 0 Å². The fraction of sp³-hybridized carbons (Fsp3) is 0.308. The van der Waals surface area contributed by atoms with E-state index in [9.17, 15) is 0 Å². The minimum Gasteiger partial charge on any atom is -0.384 e. The van der Waals surface area contributed by atoms with Gasteiger partial charge in [0.2, 0.25) is 0 Å². The first kappa shape index (κ1) is 13.4. The molecule has 0 atom stereocenters. The van der Waals surface area contributed by atoms with Crippen molar-refractivity contribution in [2.45, 2.75) is 19.8 Å². The highest BCUT2D eigenvalue weighted by Gasteiger charge is 2.17. The molecule has 0 unspecified atom stereocenters. The summed E-state index contributed by atoms with van der Waals surface area (Å²) in [5.74, 6) is 0.721. The monoisotopic (exact) mass is 327 g/mol. The molecule has 0 fully saturated rings. The van der Waals surface area contributed by atoms with E-state index in [0.29, 0.717) is 5.02 Å². The number of aromatic nitrogens is 2. The van der Waals surface area contributed by atoms with E-state index in [1.807, 2.05) is 25.2 Å². The maximum absolute atomic E-state index is 6.07. The van der Waals surface area contributed by atoms with E-state index in [2.05, 4.69) is 28.0 Å². The van der Waals surface area contributed by atoms with Crippen LogP contribution in [-0.4, -0.2) is 9.78 Å². The molecule has 3 nitrogen and oxygen atoms in total. The topological polar surface area (TPSA) is 43.8 Å². The van der Waals surface area contributed by atoms with Crippen molar-refractivity contribution >= 4 is 33.3 Å². The van der Waals surface area contributed by atoms with Gasteiger partial charge in [0, 0.05) is 27.7 Å². The van der Waals surface area contributed by atoms with E-state index in [1.165, 1.54) is 0 Å². The fourth-order valence-electron chi connectivity index (χ4n) is 1.97. The third-order valence-electron chi connectivity index (χ3n) is 2.88. The maximum atomic E-state index is 6.07. The standard InChI is InChI=1S/C13H15BrClN3/c1-3-4-9-12(17-18(2)13(9)16)10-7-8(15)5-6-11(10)14/h5-7H,3-4,16H2,1-2H3. The van der Waals surface area contributed by atoms with Crippen LogP contribution < -0.4 is 5.73 Å². The lowest BCUT2D eigenvalue weighted by molar-refractivity contribution is 0.781. The number of halogens is 2. The summed E-state index contributed by atoms with van der Waals surface area (Å²) in [6.45, 7) is 2.13. The van der Waals surface area contributed by atoms with Crippen LogP contribution in [0.2, 0.25) is 5.02 Å². The molecule has 2 aromatic rings. The van der Waals surface area contributed by atoms with Crippen LogP contribution in [0.25, 0.3) is 11.3 Å².